The number of rotatable bonds is 8. The van der Waals surface area contributed by atoms with E-state index in [9.17, 15) is 4.79 Å². The van der Waals surface area contributed by atoms with E-state index < -0.39 is 0 Å². The molecule has 1 amide bonds. The molecule has 2 aromatic carbocycles. The van der Waals surface area contributed by atoms with Crippen LogP contribution in [0.15, 0.2) is 48.5 Å². The fourth-order valence-electron chi connectivity index (χ4n) is 3.82. The molecule has 2 aromatic rings. The summed E-state index contributed by atoms with van der Waals surface area (Å²) in [7, 11) is 3.57. The monoisotopic (exact) mass is 382 g/mol. The van der Waals surface area contributed by atoms with Crippen molar-refractivity contribution in [1.29, 1.82) is 0 Å². The fraction of sp³-hybridized carbons (Fsp3) is 0.435. The third kappa shape index (κ3) is 4.84. The Kier molecular flexibility index (Phi) is 6.93. The first kappa shape index (κ1) is 20.2. The third-order valence-electron chi connectivity index (χ3n) is 5.28. The van der Waals surface area contributed by atoms with Crippen LogP contribution < -0.4 is 9.47 Å². The first-order valence-corrected chi connectivity index (χ1v) is 9.95. The van der Waals surface area contributed by atoms with Crippen molar-refractivity contribution >= 4 is 5.91 Å². The molecular formula is C23H30N2O3. The molecule has 28 heavy (non-hydrogen) atoms. The molecule has 1 aliphatic rings. The minimum Gasteiger partial charge on any atom is -0.496 e. The topological polar surface area (TPSA) is 42.0 Å². The summed E-state index contributed by atoms with van der Waals surface area (Å²) in [5, 5.41) is 0. The summed E-state index contributed by atoms with van der Waals surface area (Å²) in [6, 6.07) is 16.3. The predicted molar refractivity (Wildman–Crippen MR) is 111 cm³/mol. The molecule has 1 aliphatic heterocycles. The van der Waals surface area contributed by atoms with Crippen LogP contribution in [0.3, 0.4) is 0 Å². The zero-order valence-corrected chi connectivity index (χ0v) is 17.1. The van der Waals surface area contributed by atoms with Gasteiger partial charge in [-0.3, -0.25) is 9.69 Å². The maximum atomic E-state index is 12.8. The molecule has 0 aromatic heterocycles. The van der Waals surface area contributed by atoms with Crippen LogP contribution in [0.2, 0.25) is 0 Å². The van der Waals surface area contributed by atoms with E-state index in [2.05, 4.69) is 11.0 Å². The van der Waals surface area contributed by atoms with Gasteiger partial charge in [-0.05, 0) is 50.1 Å². The molecule has 0 aliphatic carbocycles. The lowest BCUT2D eigenvalue weighted by molar-refractivity contribution is -0.131. The highest BCUT2D eigenvalue weighted by Gasteiger charge is 2.30. The van der Waals surface area contributed by atoms with Gasteiger partial charge in [-0.2, -0.15) is 0 Å². The molecule has 3 rings (SSSR count). The van der Waals surface area contributed by atoms with Gasteiger partial charge in [-0.1, -0.05) is 30.3 Å². The molecule has 1 fully saturated rings. The van der Waals surface area contributed by atoms with Crippen LogP contribution in [-0.4, -0.2) is 49.6 Å². The SMILES string of the molecule is CCOc1ccc(CN(C)C(=O)CN2CCCC2c2ccccc2OC)cc1. The minimum absolute atomic E-state index is 0.135. The number of hydrogen-bond acceptors (Lipinski definition) is 4. The number of methoxy groups -OCH3 is 1. The Bertz CT molecular complexity index is 776. The van der Waals surface area contributed by atoms with E-state index in [-0.39, 0.29) is 11.9 Å². The second-order valence-electron chi connectivity index (χ2n) is 7.20. The van der Waals surface area contributed by atoms with Gasteiger partial charge in [0.15, 0.2) is 0 Å². The van der Waals surface area contributed by atoms with Crippen molar-refractivity contribution in [3.05, 3.63) is 59.7 Å². The van der Waals surface area contributed by atoms with Crippen molar-refractivity contribution in [1.82, 2.24) is 9.80 Å². The Morgan fingerprint density at radius 3 is 2.64 bits per heavy atom. The average molecular weight is 383 g/mol. The fourth-order valence-corrected chi connectivity index (χ4v) is 3.82. The van der Waals surface area contributed by atoms with Crippen LogP contribution in [0.1, 0.15) is 36.9 Å². The summed E-state index contributed by atoms with van der Waals surface area (Å²) in [6.07, 6.45) is 2.15. The molecule has 1 saturated heterocycles. The number of likely N-dealkylation sites (tertiary alicyclic amines) is 1. The normalized spacial score (nSPS) is 16.8. The van der Waals surface area contributed by atoms with Gasteiger partial charge in [0.2, 0.25) is 5.91 Å². The van der Waals surface area contributed by atoms with Gasteiger partial charge in [0.1, 0.15) is 11.5 Å². The Morgan fingerprint density at radius 2 is 1.93 bits per heavy atom. The molecule has 5 nitrogen and oxygen atoms in total. The molecule has 1 heterocycles. The van der Waals surface area contributed by atoms with Crippen molar-refractivity contribution in [2.75, 3.05) is 33.9 Å². The van der Waals surface area contributed by atoms with Crippen LogP contribution in [0.5, 0.6) is 11.5 Å². The van der Waals surface area contributed by atoms with Gasteiger partial charge in [-0.25, -0.2) is 0 Å². The van der Waals surface area contributed by atoms with Crippen molar-refractivity contribution in [2.45, 2.75) is 32.4 Å². The van der Waals surface area contributed by atoms with Crippen molar-refractivity contribution < 1.29 is 14.3 Å². The van der Waals surface area contributed by atoms with E-state index in [1.165, 1.54) is 5.56 Å². The first-order chi connectivity index (χ1) is 13.6. The van der Waals surface area contributed by atoms with Gasteiger partial charge >= 0.3 is 0 Å². The van der Waals surface area contributed by atoms with Gasteiger partial charge < -0.3 is 14.4 Å². The largest absolute Gasteiger partial charge is 0.496 e. The lowest BCUT2D eigenvalue weighted by Crippen LogP contribution is -2.37. The molecule has 0 bridgehead atoms. The number of nitrogens with zero attached hydrogens (tertiary/aromatic N) is 2. The van der Waals surface area contributed by atoms with Gasteiger partial charge in [0.05, 0.1) is 20.3 Å². The quantitative estimate of drug-likeness (QED) is 0.695. The Labute approximate surface area is 167 Å². The zero-order chi connectivity index (χ0) is 19.9. The first-order valence-electron chi connectivity index (χ1n) is 9.95. The van der Waals surface area contributed by atoms with Crippen LogP contribution in [0.4, 0.5) is 0 Å². The number of carbonyl (C=O) groups excluding carboxylic acids is 1. The summed E-state index contributed by atoms with van der Waals surface area (Å²) in [6.45, 7) is 4.58. The molecule has 0 spiro atoms. The summed E-state index contributed by atoms with van der Waals surface area (Å²) < 4.78 is 11.0. The van der Waals surface area contributed by atoms with Gasteiger partial charge in [0, 0.05) is 25.2 Å². The van der Waals surface area contributed by atoms with E-state index in [1.807, 2.05) is 56.4 Å². The van der Waals surface area contributed by atoms with E-state index >= 15 is 0 Å². The van der Waals surface area contributed by atoms with Crippen LogP contribution in [-0.2, 0) is 11.3 Å². The molecule has 1 unspecified atom stereocenters. The van der Waals surface area contributed by atoms with E-state index in [4.69, 9.17) is 9.47 Å². The highest BCUT2D eigenvalue weighted by molar-refractivity contribution is 5.78. The van der Waals surface area contributed by atoms with Crippen molar-refractivity contribution in [2.24, 2.45) is 0 Å². The van der Waals surface area contributed by atoms with Crippen LogP contribution >= 0.6 is 0 Å². The number of carbonyl (C=O) groups is 1. The summed E-state index contributed by atoms with van der Waals surface area (Å²) in [4.78, 5) is 16.9. The summed E-state index contributed by atoms with van der Waals surface area (Å²) >= 11 is 0. The molecule has 5 heteroatoms. The standard InChI is InChI=1S/C23H30N2O3/c1-4-28-19-13-11-18(12-14-19)16-24(2)23(26)17-25-15-7-9-21(25)20-8-5-6-10-22(20)27-3/h5-6,8,10-14,21H,4,7,9,15-17H2,1-3H3. The zero-order valence-electron chi connectivity index (χ0n) is 17.1. The van der Waals surface area contributed by atoms with Crippen molar-refractivity contribution in [3.8, 4) is 11.5 Å². The third-order valence-corrected chi connectivity index (χ3v) is 5.28. The molecule has 0 N–H and O–H groups in total. The van der Waals surface area contributed by atoms with Gasteiger partial charge in [-0.15, -0.1) is 0 Å². The smallest absolute Gasteiger partial charge is 0.236 e. The van der Waals surface area contributed by atoms with E-state index in [0.717, 1.165) is 36.4 Å². The maximum absolute atomic E-state index is 12.8. The summed E-state index contributed by atoms with van der Waals surface area (Å²) in [5.41, 5.74) is 2.27. The number of para-hydroxylation sites is 1. The highest BCUT2D eigenvalue weighted by Crippen LogP contribution is 2.36. The molecule has 0 saturated carbocycles. The van der Waals surface area contributed by atoms with Gasteiger partial charge in [0.25, 0.3) is 0 Å². The van der Waals surface area contributed by atoms with Crippen LogP contribution in [0.25, 0.3) is 0 Å². The summed E-state index contributed by atoms with van der Waals surface area (Å²) in [5.74, 6) is 1.89. The maximum Gasteiger partial charge on any atom is 0.236 e. The Morgan fingerprint density at radius 1 is 1.18 bits per heavy atom. The molecule has 1 atom stereocenters. The van der Waals surface area contributed by atoms with E-state index in [1.54, 1.807) is 12.0 Å². The molecular weight excluding hydrogens is 352 g/mol. The number of likely N-dealkylation sites (N-methyl/N-ethyl adjacent to an activating group) is 1. The Balaban J connectivity index is 1.61. The lowest BCUT2D eigenvalue weighted by Gasteiger charge is -2.27. The Hall–Kier alpha value is -2.53. The second kappa shape index (κ2) is 9.60. The van der Waals surface area contributed by atoms with Crippen LogP contribution in [0, 0.1) is 0 Å². The minimum atomic E-state index is 0.135. The van der Waals surface area contributed by atoms with Crippen molar-refractivity contribution in [3.63, 3.8) is 0 Å². The highest BCUT2D eigenvalue weighted by atomic mass is 16.5. The average Bonchev–Trinajstić information content (AvgIpc) is 3.17. The van der Waals surface area contributed by atoms with E-state index in [0.29, 0.717) is 19.7 Å². The molecule has 0 radical (unpaired) electrons. The second-order valence-corrected chi connectivity index (χ2v) is 7.20. The number of hydrogen-bond donors (Lipinski definition) is 0. The number of benzene rings is 2. The predicted octanol–water partition coefficient (Wildman–Crippen LogP) is 3.89. The molecule has 150 valence electrons. The number of ether oxygens (including phenoxy) is 2. The number of amides is 1. The lowest BCUT2D eigenvalue weighted by atomic mass is 10.0.